The highest BCUT2D eigenvalue weighted by Crippen LogP contribution is 2.24. The molecule has 2 rings (SSSR count). The largest absolute Gasteiger partial charge is 0.469 e. The molecular formula is C15H14O3S. The number of thiophene rings is 1. The van der Waals surface area contributed by atoms with Crippen molar-refractivity contribution >= 4 is 23.1 Å². The van der Waals surface area contributed by atoms with Gasteiger partial charge in [0.1, 0.15) is 0 Å². The van der Waals surface area contributed by atoms with Gasteiger partial charge in [-0.25, -0.2) is 0 Å². The monoisotopic (exact) mass is 274 g/mol. The maximum atomic E-state index is 12.1. The highest BCUT2D eigenvalue weighted by atomic mass is 32.1. The second-order valence-corrected chi connectivity index (χ2v) is 5.04. The molecule has 0 spiro atoms. The third-order valence-electron chi connectivity index (χ3n) is 2.87. The Morgan fingerprint density at radius 3 is 2.47 bits per heavy atom. The quantitative estimate of drug-likeness (QED) is 0.621. The van der Waals surface area contributed by atoms with Crippen molar-refractivity contribution in [3.63, 3.8) is 0 Å². The number of carbonyl (C=O) groups excluding carboxylic acids is 2. The van der Waals surface area contributed by atoms with E-state index in [-0.39, 0.29) is 18.2 Å². The van der Waals surface area contributed by atoms with E-state index in [4.69, 9.17) is 4.74 Å². The third-order valence-corrected chi connectivity index (χ3v) is 3.78. The topological polar surface area (TPSA) is 43.4 Å². The molecule has 1 heterocycles. The summed E-state index contributed by atoms with van der Waals surface area (Å²) in [7, 11) is 1.34. The van der Waals surface area contributed by atoms with Crippen LogP contribution in [0.15, 0.2) is 47.8 Å². The lowest BCUT2D eigenvalue weighted by molar-refractivity contribution is -0.142. The van der Waals surface area contributed by atoms with Gasteiger partial charge in [0.25, 0.3) is 0 Å². The average Bonchev–Trinajstić information content (AvgIpc) is 2.99. The van der Waals surface area contributed by atoms with Crippen LogP contribution >= 0.6 is 11.3 Å². The van der Waals surface area contributed by atoms with Gasteiger partial charge in [-0.2, -0.15) is 0 Å². The zero-order valence-corrected chi connectivity index (χ0v) is 11.4. The molecule has 19 heavy (non-hydrogen) atoms. The number of rotatable bonds is 5. The number of carbonyl (C=O) groups is 2. The van der Waals surface area contributed by atoms with Crippen LogP contribution in [0.3, 0.4) is 0 Å². The van der Waals surface area contributed by atoms with Crippen LogP contribution in [0.4, 0.5) is 0 Å². The molecule has 0 N–H and O–H groups in total. The van der Waals surface area contributed by atoms with E-state index in [9.17, 15) is 9.59 Å². The van der Waals surface area contributed by atoms with Gasteiger partial charge < -0.3 is 4.74 Å². The highest BCUT2D eigenvalue weighted by Gasteiger charge is 2.25. The van der Waals surface area contributed by atoms with Crippen LogP contribution in [0.25, 0.3) is 0 Å². The van der Waals surface area contributed by atoms with E-state index < -0.39 is 5.92 Å². The lowest BCUT2D eigenvalue weighted by Gasteiger charge is -2.13. The summed E-state index contributed by atoms with van der Waals surface area (Å²) in [4.78, 5) is 24.6. The lowest BCUT2D eigenvalue weighted by Crippen LogP contribution is -2.17. The Balaban J connectivity index is 2.20. The highest BCUT2D eigenvalue weighted by molar-refractivity contribution is 7.12. The summed E-state index contributed by atoms with van der Waals surface area (Å²) in [6.07, 6.45) is 0.136. The van der Waals surface area contributed by atoms with Crippen LogP contribution in [0.2, 0.25) is 0 Å². The number of benzene rings is 1. The number of ether oxygens (including phenoxy) is 1. The molecule has 0 saturated carbocycles. The maximum Gasteiger partial charge on any atom is 0.313 e. The Bertz CT molecular complexity index is 546. The molecule has 0 fully saturated rings. The van der Waals surface area contributed by atoms with Gasteiger partial charge in [0.15, 0.2) is 5.78 Å². The standard InChI is InChI=1S/C15H14O3S/c1-18-15(17)12(11-6-3-2-4-7-11)10-13(16)14-8-5-9-19-14/h2-9,12H,10H2,1H3/t12-/m0/s1. The van der Waals surface area contributed by atoms with E-state index in [2.05, 4.69) is 0 Å². The first-order chi connectivity index (χ1) is 9.22. The molecule has 0 unspecified atom stereocenters. The molecule has 0 aliphatic heterocycles. The smallest absolute Gasteiger partial charge is 0.313 e. The van der Waals surface area contributed by atoms with Gasteiger partial charge in [0.2, 0.25) is 0 Å². The van der Waals surface area contributed by atoms with Gasteiger partial charge >= 0.3 is 5.97 Å². The molecule has 1 aromatic heterocycles. The summed E-state index contributed by atoms with van der Waals surface area (Å²) >= 11 is 1.39. The third kappa shape index (κ3) is 3.29. The fourth-order valence-corrected chi connectivity index (χ4v) is 2.56. The average molecular weight is 274 g/mol. The van der Waals surface area contributed by atoms with Gasteiger partial charge in [-0.3, -0.25) is 9.59 Å². The second kappa shape index (κ2) is 6.29. The molecular weight excluding hydrogens is 260 g/mol. The van der Waals surface area contributed by atoms with Gasteiger partial charge in [-0.15, -0.1) is 11.3 Å². The van der Waals surface area contributed by atoms with Crippen molar-refractivity contribution in [1.29, 1.82) is 0 Å². The minimum atomic E-state index is -0.541. The zero-order chi connectivity index (χ0) is 13.7. The Morgan fingerprint density at radius 2 is 1.89 bits per heavy atom. The number of methoxy groups -OCH3 is 1. The second-order valence-electron chi connectivity index (χ2n) is 4.09. The zero-order valence-electron chi connectivity index (χ0n) is 10.5. The first-order valence-electron chi connectivity index (χ1n) is 5.92. The number of Topliss-reactive ketones (excluding diaryl/α,β-unsaturated/α-hetero) is 1. The summed E-state index contributed by atoms with van der Waals surface area (Å²) in [5.41, 5.74) is 0.805. The van der Waals surface area contributed by atoms with Crippen molar-refractivity contribution in [3.8, 4) is 0 Å². The minimum Gasteiger partial charge on any atom is -0.469 e. The van der Waals surface area contributed by atoms with Crippen molar-refractivity contribution in [1.82, 2.24) is 0 Å². The lowest BCUT2D eigenvalue weighted by atomic mass is 9.93. The number of hydrogen-bond acceptors (Lipinski definition) is 4. The fourth-order valence-electron chi connectivity index (χ4n) is 1.89. The van der Waals surface area contributed by atoms with E-state index in [0.29, 0.717) is 4.88 Å². The molecule has 0 aliphatic carbocycles. The van der Waals surface area contributed by atoms with Gasteiger partial charge in [0.05, 0.1) is 17.9 Å². The van der Waals surface area contributed by atoms with Crippen LogP contribution in [-0.2, 0) is 9.53 Å². The summed E-state index contributed by atoms with van der Waals surface area (Å²) in [6.45, 7) is 0. The normalized spacial score (nSPS) is 11.8. The molecule has 4 heteroatoms. The first-order valence-corrected chi connectivity index (χ1v) is 6.80. The van der Waals surface area contributed by atoms with Crippen molar-refractivity contribution in [2.24, 2.45) is 0 Å². The predicted octanol–water partition coefficient (Wildman–Crippen LogP) is 3.28. The Hall–Kier alpha value is -1.94. The molecule has 0 bridgehead atoms. The van der Waals surface area contributed by atoms with Crippen LogP contribution in [0.1, 0.15) is 27.6 Å². The van der Waals surface area contributed by atoms with E-state index in [1.165, 1.54) is 18.4 Å². The Labute approximate surface area is 115 Å². The minimum absolute atomic E-state index is 0.0331. The summed E-state index contributed by atoms with van der Waals surface area (Å²) in [5, 5.41) is 1.85. The van der Waals surface area contributed by atoms with Crippen molar-refractivity contribution in [3.05, 3.63) is 58.3 Å². The number of hydrogen-bond donors (Lipinski definition) is 0. The molecule has 1 atom stereocenters. The fraction of sp³-hybridized carbons (Fsp3) is 0.200. The molecule has 3 nitrogen and oxygen atoms in total. The molecule has 0 saturated heterocycles. The van der Waals surface area contributed by atoms with Gasteiger partial charge in [-0.1, -0.05) is 36.4 Å². The van der Waals surface area contributed by atoms with Crippen LogP contribution in [0, 0.1) is 0 Å². The van der Waals surface area contributed by atoms with Crippen LogP contribution in [0.5, 0.6) is 0 Å². The molecule has 0 aliphatic rings. The maximum absolute atomic E-state index is 12.1. The van der Waals surface area contributed by atoms with E-state index in [1.807, 2.05) is 41.8 Å². The summed E-state index contributed by atoms with van der Waals surface area (Å²) in [6, 6.07) is 12.8. The van der Waals surface area contributed by atoms with Gasteiger partial charge in [0, 0.05) is 6.42 Å². The summed E-state index contributed by atoms with van der Waals surface area (Å²) < 4.78 is 4.80. The van der Waals surface area contributed by atoms with E-state index in [0.717, 1.165) is 5.56 Å². The number of ketones is 1. The van der Waals surface area contributed by atoms with Gasteiger partial charge in [-0.05, 0) is 17.0 Å². The number of esters is 1. The molecule has 0 amide bonds. The molecule has 2 aromatic rings. The SMILES string of the molecule is COC(=O)[C@@H](CC(=O)c1cccs1)c1ccccc1. The summed E-state index contributed by atoms with van der Waals surface area (Å²) in [5.74, 6) is -0.953. The predicted molar refractivity (Wildman–Crippen MR) is 74.5 cm³/mol. The van der Waals surface area contributed by atoms with Crippen molar-refractivity contribution in [2.75, 3.05) is 7.11 Å². The first kappa shape index (κ1) is 13.5. The van der Waals surface area contributed by atoms with E-state index >= 15 is 0 Å². The molecule has 0 radical (unpaired) electrons. The molecule has 1 aromatic carbocycles. The Morgan fingerprint density at radius 1 is 1.16 bits per heavy atom. The van der Waals surface area contributed by atoms with Crippen molar-refractivity contribution in [2.45, 2.75) is 12.3 Å². The van der Waals surface area contributed by atoms with Crippen molar-refractivity contribution < 1.29 is 14.3 Å². The van der Waals surface area contributed by atoms with Crippen LogP contribution in [-0.4, -0.2) is 18.9 Å². The molecule has 98 valence electrons. The van der Waals surface area contributed by atoms with E-state index in [1.54, 1.807) is 6.07 Å². The Kier molecular flexibility index (Phi) is 4.47. The van der Waals surface area contributed by atoms with Crippen LogP contribution < -0.4 is 0 Å².